The molecule has 0 radical (unpaired) electrons. The Morgan fingerprint density at radius 2 is 1.62 bits per heavy atom. The van der Waals surface area contributed by atoms with Crippen LogP contribution in [0.15, 0.2) is 59.5 Å². The molecule has 9 heteroatoms. The maximum absolute atomic E-state index is 12.7. The van der Waals surface area contributed by atoms with Crippen molar-refractivity contribution in [2.45, 2.75) is 30.2 Å². The van der Waals surface area contributed by atoms with E-state index in [0.29, 0.717) is 26.1 Å². The average molecular weight is 458 g/mol. The second-order valence-corrected chi connectivity index (χ2v) is 9.83. The molecule has 1 atom stereocenters. The lowest BCUT2D eigenvalue weighted by molar-refractivity contribution is -0.134. The first kappa shape index (κ1) is 22.3. The number of carbonyl (C=O) groups is 2. The van der Waals surface area contributed by atoms with Gasteiger partial charge in [-0.2, -0.15) is 4.31 Å². The third kappa shape index (κ3) is 4.94. The summed E-state index contributed by atoms with van der Waals surface area (Å²) >= 11 is 0. The van der Waals surface area contributed by atoms with Crippen LogP contribution in [0.25, 0.3) is 0 Å². The van der Waals surface area contributed by atoms with Gasteiger partial charge in [0.25, 0.3) is 0 Å². The Labute approximate surface area is 188 Å². The summed E-state index contributed by atoms with van der Waals surface area (Å²) in [5, 5.41) is 3.00. The molecule has 1 N–H and O–H groups in total. The number of hydrogen-bond acceptors (Lipinski definition) is 5. The smallest absolute Gasteiger partial charge is 0.243 e. The SMILES string of the molecule is O=C(CCC(=O)N1CCN(S(=O)(=O)c2ccccc2)CC1)NC1CCOc2ccccc21. The Balaban J connectivity index is 1.25. The van der Waals surface area contributed by atoms with E-state index >= 15 is 0 Å². The third-order valence-corrected chi connectivity index (χ3v) is 7.74. The van der Waals surface area contributed by atoms with Gasteiger partial charge in [-0.1, -0.05) is 36.4 Å². The Morgan fingerprint density at radius 3 is 2.38 bits per heavy atom. The lowest BCUT2D eigenvalue weighted by Crippen LogP contribution is -2.50. The van der Waals surface area contributed by atoms with Gasteiger partial charge >= 0.3 is 0 Å². The minimum atomic E-state index is -3.56. The summed E-state index contributed by atoms with van der Waals surface area (Å²) < 4.78 is 32.5. The molecule has 1 fully saturated rings. The second-order valence-electron chi connectivity index (χ2n) is 7.89. The van der Waals surface area contributed by atoms with Gasteiger partial charge in [-0.15, -0.1) is 0 Å². The number of fused-ring (bicyclic) bond motifs is 1. The number of benzene rings is 2. The zero-order valence-electron chi connectivity index (χ0n) is 17.8. The highest BCUT2D eigenvalue weighted by atomic mass is 32.2. The molecule has 0 aliphatic carbocycles. The largest absolute Gasteiger partial charge is 0.493 e. The quantitative estimate of drug-likeness (QED) is 0.715. The van der Waals surface area contributed by atoms with Crippen molar-refractivity contribution < 1.29 is 22.7 Å². The van der Waals surface area contributed by atoms with E-state index in [4.69, 9.17) is 4.74 Å². The zero-order valence-corrected chi connectivity index (χ0v) is 18.6. The Morgan fingerprint density at radius 1 is 0.938 bits per heavy atom. The van der Waals surface area contributed by atoms with Crippen molar-refractivity contribution in [1.82, 2.24) is 14.5 Å². The molecule has 2 aromatic carbocycles. The molecule has 170 valence electrons. The minimum absolute atomic E-state index is 0.0981. The van der Waals surface area contributed by atoms with Crippen LogP contribution in [0.3, 0.4) is 0 Å². The molecular formula is C23H27N3O5S. The van der Waals surface area contributed by atoms with Crippen molar-refractivity contribution in [2.24, 2.45) is 0 Å². The number of piperazine rings is 1. The van der Waals surface area contributed by atoms with E-state index in [1.165, 1.54) is 4.31 Å². The first-order valence-corrected chi connectivity index (χ1v) is 12.2. The number of nitrogens with zero attached hydrogens (tertiary/aromatic N) is 2. The molecule has 0 bridgehead atoms. The molecule has 0 saturated carbocycles. The highest BCUT2D eigenvalue weighted by molar-refractivity contribution is 7.89. The molecule has 2 aliphatic rings. The summed E-state index contributed by atoms with van der Waals surface area (Å²) in [6.45, 7) is 1.67. The van der Waals surface area contributed by atoms with Crippen LogP contribution >= 0.6 is 0 Å². The Bertz CT molecular complexity index is 1070. The molecule has 1 saturated heterocycles. The third-order valence-electron chi connectivity index (χ3n) is 5.83. The standard InChI is InChI=1S/C23H27N3O5S/c27-22(24-20-12-17-31-21-9-5-4-8-19(20)21)10-11-23(28)25-13-15-26(16-14-25)32(29,30)18-6-2-1-3-7-18/h1-9,20H,10-17H2,(H,24,27). The fourth-order valence-corrected chi connectivity index (χ4v) is 5.50. The van der Waals surface area contributed by atoms with Gasteiger partial charge in [0.05, 0.1) is 17.5 Å². The highest BCUT2D eigenvalue weighted by Crippen LogP contribution is 2.31. The lowest BCUT2D eigenvalue weighted by atomic mass is 10.0. The molecule has 2 amide bonds. The van der Waals surface area contributed by atoms with Crippen LogP contribution in [0.5, 0.6) is 5.75 Å². The number of ether oxygens (including phenoxy) is 1. The zero-order chi connectivity index (χ0) is 22.6. The number of nitrogens with one attached hydrogen (secondary N) is 1. The molecule has 1 unspecified atom stereocenters. The van der Waals surface area contributed by atoms with Crippen LogP contribution in [0, 0.1) is 0 Å². The van der Waals surface area contributed by atoms with Gasteiger partial charge < -0.3 is 15.0 Å². The van der Waals surface area contributed by atoms with Gasteiger partial charge in [0.15, 0.2) is 0 Å². The number of sulfonamides is 1. The molecule has 4 rings (SSSR count). The van der Waals surface area contributed by atoms with Crippen LogP contribution in [0.1, 0.15) is 30.9 Å². The van der Waals surface area contributed by atoms with Gasteiger partial charge in [-0.3, -0.25) is 9.59 Å². The van der Waals surface area contributed by atoms with Crippen molar-refractivity contribution in [3.8, 4) is 5.75 Å². The van der Waals surface area contributed by atoms with Crippen LogP contribution in [-0.4, -0.2) is 62.2 Å². The van der Waals surface area contributed by atoms with Crippen molar-refractivity contribution in [3.63, 3.8) is 0 Å². The summed E-state index contributed by atoms with van der Waals surface area (Å²) in [6, 6.07) is 15.8. The van der Waals surface area contributed by atoms with E-state index in [1.807, 2.05) is 24.3 Å². The number of hydrogen-bond donors (Lipinski definition) is 1. The Kier molecular flexibility index (Phi) is 6.76. The molecule has 2 heterocycles. The summed E-state index contributed by atoms with van der Waals surface area (Å²) in [7, 11) is -3.56. The summed E-state index contributed by atoms with van der Waals surface area (Å²) in [4.78, 5) is 26.9. The van der Waals surface area contributed by atoms with E-state index in [9.17, 15) is 18.0 Å². The molecule has 2 aromatic rings. The summed E-state index contributed by atoms with van der Waals surface area (Å²) in [5.41, 5.74) is 0.953. The first-order chi connectivity index (χ1) is 15.4. The lowest BCUT2D eigenvalue weighted by Gasteiger charge is -2.34. The van der Waals surface area contributed by atoms with Crippen LogP contribution in [0.4, 0.5) is 0 Å². The van der Waals surface area contributed by atoms with Gasteiger partial charge in [0.1, 0.15) is 5.75 Å². The average Bonchev–Trinajstić information content (AvgIpc) is 2.83. The number of amides is 2. The second kappa shape index (κ2) is 9.70. The molecule has 32 heavy (non-hydrogen) atoms. The number of carbonyl (C=O) groups excluding carboxylic acids is 2. The van der Waals surface area contributed by atoms with E-state index in [-0.39, 0.29) is 48.7 Å². The van der Waals surface area contributed by atoms with Crippen LogP contribution in [0.2, 0.25) is 0 Å². The maximum Gasteiger partial charge on any atom is 0.243 e. The van der Waals surface area contributed by atoms with Crippen LogP contribution < -0.4 is 10.1 Å². The normalized spacial score (nSPS) is 19.0. The maximum atomic E-state index is 12.7. The van der Waals surface area contributed by atoms with Crippen molar-refractivity contribution >= 4 is 21.8 Å². The van der Waals surface area contributed by atoms with Crippen molar-refractivity contribution in [1.29, 1.82) is 0 Å². The highest BCUT2D eigenvalue weighted by Gasteiger charge is 2.30. The van der Waals surface area contributed by atoms with Crippen molar-refractivity contribution in [2.75, 3.05) is 32.8 Å². The topological polar surface area (TPSA) is 96.0 Å². The molecule has 2 aliphatic heterocycles. The molecule has 0 aromatic heterocycles. The number of rotatable bonds is 6. The summed E-state index contributed by atoms with van der Waals surface area (Å²) in [6.07, 6.45) is 0.886. The predicted octanol–water partition coefficient (Wildman–Crippen LogP) is 1.94. The molecular weight excluding hydrogens is 430 g/mol. The van der Waals surface area contributed by atoms with E-state index in [1.54, 1.807) is 35.2 Å². The minimum Gasteiger partial charge on any atom is -0.493 e. The summed E-state index contributed by atoms with van der Waals surface area (Å²) in [5.74, 6) is 0.470. The molecule has 0 spiro atoms. The fourth-order valence-electron chi connectivity index (χ4n) is 4.06. The predicted molar refractivity (Wildman–Crippen MR) is 118 cm³/mol. The van der Waals surface area contributed by atoms with Gasteiger partial charge in [0, 0.05) is 51.0 Å². The van der Waals surface area contributed by atoms with Crippen molar-refractivity contribution in [3.05, 3.63) is 60.2 Å². The fraction of sp³-hybridized carbons (Fsp3) is 0.391. The first-order valence-electron chi connectivity index (χ1n) is 10.8. The van der Waals surface area contributed by atoms with E-state index in [0.717, 1.165) is 11.3 Å². The van der Waals surface area contributed by atoms with E-state index < -0.39 is 10.0 Å². The Hall–Kier alpha value is -2.91. The van der Waals surface area contributed by atoms with Crippen LogP contribution in [-0.2, 0) is 19.6 Å². The van der Waals surface area contributed by atoms with Gasteiger partial charge in [0.2, 0.25) is 21.8 Å². The number of para-hydroxylation sites is 1. The molecule has 8 nitrogen and oxygen atoms in total. The monoisotopic (exact) mass is 457 g/mol. The van der Waals surface area contributed by atoms with Gasteiger partial charge in [-0.25, -0.2) is 8.42 Å². The van der Waals surface area contributed by atoms with E-state index in [2.05, 4.69) is 5.32 Å². The van der Waals surface area contributed by atoms with Gasteiger partial charge in [-0.05, 0) is 18.2 Å².